The van der Waals surface area contributed by atoms with Crippen LogP contribution in [0.4, 0.5) is 13.2 Å². The summed E-state index contributed by atoms with van der Waals surface area (Å²) in [4.78, 5) is 11.6. The van der Waals surface area contributed by atoms with Gasteiger partial charge in [0.25, 0.3) is 5.72 Å². The standard InChI is InChI=1S/C10H15F3N2O2/c1-6(2)4-8(16)15-9(17,10(11,12)13)5-7(3)14-15/h6,17H,4-5H2,1-3H3/t9-/m0/s1. The van der Waals surface area contributed by atoms with E-state index in [1.807, 2.05) is 0 Å². The maximum absolute atomic E-state index is 12.7. The highest BCUT2D eigenvalue weighted by Gasteiger charge is 2.62. The number of aliphatic hydroxyl groups is 1. The first-order chi connectivity index (χ1) is 7.58. The van der Waals surface area contributed by atoms with Gasteiger partial charge in [0.2, 0.25) is 5.91 Å². The maximum Gasteiger partial charge on any atom is 0.438 e. The van der Waals surface area contributed by atoms with Crippen molar-refractivity contribution in [1.82, 2.24) is 5.01 Å². The summed E-state index contributed by atoms with van der Waals surface area (Å²) in [5, 5.41) is 13.3. The molecule has 1 aliphatic heterocycles. The van der Waals surface area contributed by atoms with E-state index in [4.69, 9.17) is 0 Å². The Balaban J connectivity index is 2.99. The van der Waals surface area contributed by atoms with E-state index in [9.17, 15) is 23.1 Å². The Morgan fingerprint density at radius 3 is 2.53 bits per heavy atom. The van der Waals surface area contributed by atoms with Gasteiger partial charge in [-0.15, -0.1) is 0 Å². The number of alkyl halides is 3. The Kier molecular flexibility index (Phi) is 3.52. The van der Waals surface area contributed by atoms with E-state index in [1.165, 1.54) is 6.92 Å². The lowest BCUT2D eigenvalue weighted by Crippen LogP contribution is -2.56. The molecule has 1 heterocycles. The predicted octanol–water partition coefficient (Wildman–Crippen LogP) is 1.89. The normalized spacial score (nSPS) is 25.4. The number of hydrazone groups is 1. The Hall–Kier alpha value is -1.11. The Morgan fingerprint density at radius 2 is 2.12 bits per heavy atom. The Labute approximate surface area is 97.1 Å². The van der Waals surface area contributed by atoms with E-state index in [-0.39, 0.29) is 23.1 Å². The summed E-state index contributed by atoms with van der Waals surface area (Å²) >= 11 is 0. The molecule has 98 valence electrons. The lowest BCUT2D eigenvalue weighted by Gasteiger charge is -2.32. The van der Waals surface area contributed by atoms with Crippen LogP contribution in [0.3, 0.4) is 0 Å². The second-order valence-electron chi connectivity index (χ2n) is 4.63. The molecule has 1 rings (SSSR count). The summed E-state index contributed by atoms with van der Waals surface area (Å²) < 4.78 is 38.2. The first-order valence-corrected chi connectivity index (χ1v) is 5.24. The zero-order valence-electron chi connectivity index (χ0n) is 9.88. The second-order valence-corrected chi connectivity index (χ2v) is 4.63. The minimum atomic E-state index is -4.92. The molecule has 7 heteroatoms. The van der Waals surface area contributed by atoms with Gasteiger partial charge in [0.1, 0.15) is 0 Å². The molecule has 0 fully saturated rings. The van der Waals surface area contributed by atoms with Crippen LogP contribution in [0.5, 0.6) is 0 Å². The molecule has 0 unspecified atom stereocenters. The van der Waals surface area contributed by atoms with E-state index in [0.29, 0.717) is 0 Å². The molecule has 1 atom stereocenters. The number of carbonyl (C=O) groups excluding carboxylic acids is 1. The summed E-state index contributed by atoms with van der Waals surface area (Å²) in [5.74, 6) is -0.923. The predicted molar refractivity (Wildman–Crippen MR) is 55.0 cm³/mol. The van der Waals surface area contributed by atoms with E-state index >= 15 is 0 Å². The molecular formula is C10H15F3N2O2. The van der Waals surface area contributed by atoms with Crippen LogP contribution in [-0.4, -0.2) is 33.6 Å². The fourth-order valence-corrected chi connectivity index (χ4v) is 1.64. The molecule has 1 amide bonds. The maximum atomic E-state index is 12.7. The first kappa shape index (κ1) is 14.0. The minimum Gasteiger partial charge on any atom is -0.362 e. The van der Waals surface area contributed by atoms with Crippen LogP contribution >= 0.6 is 0 Å². The van der Waals surface area contributed by atoms with Gasteiger partial charge in [-0.2, -0.15) is 23.3 Å². The van der Waals surface area contributed by atoms with Gasteiger partial charge >= 0.3 is 6.18 Å². The van der Waals surface area contributed by atoms with Crippen LogP contribution in [-0.2, 0) is 4.79 Å². The molecule has 1 aliphatic rings. The molecule has 0 spiro atoms. The van der Waals surface area contributed by atoms with Crippen LogP contribution in [0.15, 0.2) is 5.10 Å². The quantitative estimate of drug-likeness (QED) is 0.816. The zero-order chi connectivity index (χ0) is 13.4. The number of hydrogen-bond donors (Lipinski definition) is 1. The topological polar surface area (TPSA) is 52.9 Å². The van der Waals surface area contributed by atoms with Crippen molar-refractivity contribution in [2.45, 2.75) is 45.5 Å². The SMILES string of the molecule is CC1=NN(C(=O)CC(C)C)[C@@](O)(C(F)(F)F)C1. The Morgan fingerprint density at radius 1 is 1.59 bits per heavy atom. The number of nitrogens with zero attached hydrogens (tertiary/aromatic N) is 2. The van der Waals surface area contributed by atoms with E-state index in [0.717, 1.165) is 0 Å². The van der Waals surface area contributed by atoms with Gasteiger partial charge in [0.05, 0.1) is 0 Å². The third kappa shape index (κ3) is 2.59. The van der Waals surface area contributed by atoms with Gasteiger partial charge in [-0.05, 0) is 12.8 Å². The number of hydrogen-bond acceptors (Lipinski definition) is 3. The molecule has 4 nitrogen and oxygen atoms in total. The van der Waals surface area contributed by atoms with E-state index < -0.39 is 24.2 Å². The van der Waals surface area contributed by atoms with Crippen molar-refractivity contribution >= 4 is 11.6 Å². The smallest absolute Gasteiger partial charge is 0.362 e. The molecule has 0 aromatic rings. The summed E-state index contributed by atoms with van der Waals surface area (Å²) in [6, 6.07) is 0. The molecule has 0 aromatic carbocycles. The second kappa shape index (κ2) is 4.29. The number of carbonyl (C=O) groups is 1. The van der Waals surface area contributed by atoms with Crippen molar-refractivity contribution in [3.05, 3.63) is 0 Å². The van der Waals surface area contributed by atoms with Crippen molar-refractivity contribution in [3.8, 4) is 0 Å². The third-order valence-corrected chi connectivity index (χ3v) is 2.40. The van der Waals surface area contributed by atoms with Crippen LogP contribution in [0, 0.1) is 5.92 Å². The fraction of sp³-hybridized carbons (Fsp3) is 0.800. The average Bonchev–Trinajstić information content (AvgIpc) is 2.40. The highest BCUT2D eigenvalue weighted by molar-refractivity contribution is 5.89. The molecule has 17 heavy (non-hydrogen) atoms. The summed E-state index contributed by atoms with van der Waals surface area (Å²) in [6.07, 6.45) is -5.70. The molecule has 1 N–H and O–H groups in total. The van der Waals surface area contributed by atoms with Crippen molar-refractivity contribution in [2.75, 3.05) is 0 Å². The van der Waals surface area contributed by atoms with Crippen LogP contribution in [0.25, 0.3) is 0 Å². The van der Waals surface area contributed by atoms with Gasteiger partial charge in [0.15, 0.2) is 0 Å². The highest BCUT2D eigenvalue weighted by Crippen LogP contribution is 2.40. The molecule has 0 saturated carbocycles. The third-order valence-electron chi connectivity index (χ3n) is 2.40. The zero-order valence-corrected chi connectivity index (χ0v) is 9.88. The van der Waals surface area contributed by atoms with Gasteiger partial charge in [-0.3, -0.25) is 4.79 Å². The average molecular weight is 252 g/mol. The monoisotopic (exact) mass is 252 g/mol. The van der Waals surface area contributed by atoms with Crippen molar-refractivity contribution < 1.29 is 23.1 Å². The van der Waals surface area contributed by atoms with Crippen LogP contribution in [0.1, 0.15) is 33.6 Å². The van der Waals surface area contributed by atoms with Crippen molar-refractivity contribution in [1.29, 1.82) is 0 Å². The van der Waals surface area contributed by atoms with E-state index in [2.05, 4.69) is 5.10 Å². The Bertz CT molecular complexity index is 352. The number of amides is 1. The largest absolute Gasteiger partial charge is 0.438 e. The van der Waals surface area contributed by atoms with Crippen molar-refractivity contribution in [2.24, 2.45) is 11.0 Å². The van der Waals surface area contributed by atoms with Gasteiger partial charge in [0, 0.05) is 18.6 Å². The molecule has 0 aliphatic carbocycles. The van der Waals surface area contributed by atoms with Crippen LogP contribution in [0.2, 0.25) is 0 Å². The highest BCUT2D eigenvalue weighted by atomic mass is 19.4. The molecule has 0 bridgehead atoms. The lowest BCUT2D eigenvalue weighted by molar-refractivity contribution is -0.302. The molecule has 0 radical (unpaired) electrons. The molecule has 0 aromatic heterocycles. The van der Waals surface area contributed by atoms with Crippen LogP contribution < -0.4 is 0 Å². The summed E-state index contributed by atoms with van der Waals surface area (Å²) in [7, 11) is 0. The van der Waals surface area contributed by atoms with Gasteiger partial charge in [-0.1, -0.05) is 13.8 Å². The first-order valence-electron chi connectivity index (χ1n) is 5.24. The summed E-state index contributed by atoms with van der Waals surface area (Å²) in [6.45, 7) is 4.76. The van der Waals surface area contributed by atoms with Gasteiger partial charge < -0.3 is 5.11 Å². The number of halogens is 3. The lowest BCUT2D eigenvalue weighted by atomic mass is 10.1. The summed E-state index contributed by atoms with van der Waals surface area (Å²) in [5.41, 5.74) is -3.11. The van der Waals surface area contributed by atoms with Crippen molar-refractivity contribution in [3.63, 3.8) is 0 Å². The molecular weight excluding hydrogens is 237 g/mol. The fourth-order valence-electron chi connectivity index (χ4n) is 1.64. The van der Waals surface area contributed by atoms with Gasteiger partial charge in [-0.25, -0.2) is 0 Å². The minimum absolute atomic E-state index is 0.0851. The number of rotatable bonds is 2. The molecule has 0 saturated heterocycles. The van der Waals surface area contributed by atoms with E-state index in [1.54, 1.807) is 13.8 Å².